The van der Waals surface area contributed by atoms with E-state index in [1.165, 1.54) is 0 Å². The van der Waals surface area contributed by atoms with Crippen molar-refractivity contribution in [3.05, 3.63) is 0 Å². The number of unbranched alkanes of at least 4 members (excludes halogenated alkanes) is 1. The molecule has 1 saturated heterocycles. The molecule has 0 amide bonds. The maximum absolute atomic E-state index is 12.1. The van der Waals surface area contributed by atoms with Gasteiger partial charge in [-0.25, -0.2) is 8.42 Å². The van der Waals surface area contributed by atoms with Gasteiger partial charge >= 0.3 is 0 Å². The molecule has 1 heterocycles. The smallest absolute Gasteiger partial charge is 0.214 e. The van der Waals surface area contributed by atoms with E-state index in [1.807, 2.05) is 6.92 Å². The van der Waals surface area contributed by atoms with Crippen LogP contribution < -0.4 is 5.73 Å². The van der Waals surface area contributed by atoms with E-state index in [0.717, 1.165) is 38.5 Å². The second-order valence-corrected chi connectivity index (χ2v) is 6.55. The summed E-state index contributed by atoms with van der Waals surface area (Å²) in [7, 11) is -3.01. The lowest BCUT2D eigenvalue weighted by Gasteiger charge is -2.23. The highest BCUT2D eigenvalue weighted by atomic mass is 32.2. The first-order valence-electron chi connectivity index (χ1n) is 6.31. The minimum atomic E-state index is -3.01. The Kier molecular flexibility index (Phi) is 5.72. The molecule has 96 valence electrons. The van der Waals surface area contributed by atoms with E-state index >= 15 is 0 Å². The summed E-state index contributed by atoms with van der Waals surface area (Å²) >= 11 is 0. The number of hydrogen-bond acceptors (Lipinski definition) is 3. The Bertz CT molecular complexity index is 290. The molecule has 0 aliphatic carbocycles. The molecule has 0 saturated carbocycles. The largest absolute Gasteiger partial charge is 0.330 e. The van der Waals surface area contributed by atoms with E-state index < -0.39 is 10.0 Å². The molecule has 1 aliphatic heterocycles. The minimum Gasteiger partial charge on any atom is -0.330 e. The summed E-state index contributed by atoms with van der Waals surface area (Å²) in [4.78, 5) is 0. The van der Waals surface area contributed by atoms with Crippen molar-refractivity contribution in [1.29, 1.82) is 0 Å². The zero-order valence-corrected chi connectivity index (χ0v) is 11.0. The molecule has 1 rings (SSSR count). The third kappa shape index (κ3) is 3.71. The van der Waals surface area contributed by atoms with Gasteiger partial charge in [0.15, 0.2) is 0 Å². The van der Waals surface area contributed by atoms with Crippen LogP contribution >= 0.6 is 0 Å². The Hall–Kier alpha value is -0.130. The van der Waals surface area contributed by atoms with Crippen LogP contribution in [0.15, 0.2) is 0 Å². The molecule has 2 N–H and O–H groups in total. The lowest BCUT2D eigenvalue weighted by Crippen LogP contribution is -2.37. The van der Waals surface area contributed by atoms with Crippen molar-refractivity contribution in [2.45, 2.75) is 51.5 Å². The highest BCUT2D eigenvalue weighted by molar-refractivity contribution is 7.89. The van der Waals surface area contributed by atoms with Crippen LogP contribution in [0.4, 0.5) is 0 Å². The average Bonchev–Trinajstić information content (AvgIpc) is 2.72. The van der Waals surface area contributed by atoms with Gasteiger partial charge in [0.25, 0.3) is 0 Å². The fourth-order valence-corrected chi connectivity index (χ4v) is 4.22. The van der Waals surface area contributed by atoms with Gasteiger partial charge in [-0.05, 0) is 38.6 Å². The Morgan fingerprint density at radius 3 is 2.75 bits per heavy atom. The summed E-state index contributed by atoms with van der Waals surface area (Å²) in [6.45, 7) is 3.38. The predicted molar refractivity (Wildman–Crippen MR) is 66.7 cm³/mol. The fourth-order valence-electron chi connectivity index (χ4n) is 2.26. The van der Waals surface area contributed by atoms with Crippen LogP contribution in [0.2, 0.25) is 0 Å². The molecular formula is C11H24N2O2S. The van der Waals surface area contributed by atoms with Gasteiger partial charge in [-0.2, -0.15) is 4.31 Å². The van der Waals surface area contributed by atoms with Crippen molar-refractivity contribution in [2.75, 3.05) is 18.8 Å². The van der Waals surface area contributed by atoms with Crippen LogP contribution in [0.3, 0.4) is 0 Å². The topological polar surface area (TPSA) is 63.4 Å². The summed E-state index contributed by atoms with van der Waals surface area (Å²) in [5.74, 6) is 0.308. The van der Waals surface area contributed by atoms with Crippen LogP contribution in [-0.2, 0) is 10.0 Å². The Morgan fingerprint density at radius 1 is 1.38 bits per heavy atom. The molecule has 4 nitrogen and oxygen atoms in total. The highest BCUT2D eigenvalue weighted by Gasteiger charge is 2.32. The average molecular weight is 248 g/mol. The second kappa shape index (κ2) is 6.57. The van der Waals surface area contributed by atoms with Gasteiger partial charge in [-0.3, -0.25) is 0 Å². The number of hydrogen-bond donors (Lipinski definition) is 1. The van der Waals surface area contributed by atoms with Crippen LogP contribution in [0.1, 0.15) is 45.4 Å². The van der Waals surface area contributed by atoms with Crippen LogP contribution in [0.5, 0.6) is 0 Å². The first-order valence-corrected chi connectivity index (χ1v) is 7.92. The van der Waals surface area contributed by atoms with E-state index in [0.29, 0.717) is 18.8 Å². The van der Waals surface area contributed by atoms with Gasteiger partial charge < -0.3 is 5.73 Å². The summed E-state index contributed by atoms with van der Waals surface area (Å²) in [6.07, 6.45) is 5.54. The Labute approximate surface area is 99.2 Å². The molecule has 1 fully saturated rings. The molecule has 0 aromatic carbocycles. The van der Waals surface area contributed by atoms with Gasteiger partial charge in [-0.15, -0.1) is 0 Å². The highest BCUT2D eigenvalue weighted by Crippen LogP contribution is 2.25. The lowest BCUT2D eigenvalue weighted by molar-refractivity contribution is 0.365. The Morgan fingerprint density at radius 2 is 2.12 bits per heavy atom. The van der Waals surface area contributed by atoms with Crippen molar-refractivity contribution in [3.63, 3.8) is 0 Å². The molecule has 1 unspecified atom stereocenters. The van der Waals surface area contributed by atoms with E-state index in [2.05, 4.69) is 0 Å². The monoisotopic (exact) mass is 248 g/mol. The van der Waals surface area contributed by atoms with Gasteiger partial charge in [0, 0.05) is 12.6 Å². The van der Waals surface area contributed by atoms with Crippen LogP contribution in [0.25, 0.3) is 0 Å². The summed E-state index contributed by atoms with van der Waals surface area (Å²) in [6, 6.07) is 0.213. The fraction of sp³-hybridized carbons (Fsp3) is 1.00. The standard InChI is InChI=1S/C11H24N2O2S/c1-2-3-10-16(14,15)13-9-5-7-11(13)6-4-8-12/h11H,2-10,12H2,1H3. The molecule has 0 spiro atoms. The second-order valence-electron chi connectivity index (χ2n) is 4.51. The molecule has 5 heteroatoms. The van der Waals surface area contributed by atoms with Crippen molar-refractivity contribution < 1.29 is 8.42 Å². The number of nitrogens with two attached hydrogens (primary N) is 1. The maximum atomic E-state index is 12.1. The molecular weight excluding hydrogens is 224 g/mol. The van der Waals surface area contributed by atoms with Gasteiger partial charge in [-0.1, -0.05) is 13.3 Å². The van der Waals surface area contributed by atoms with Gasteiger partial charge in [0.1, 0.15) is 0 Å². The zero-order valence-electron chi connectivity index (χ0n) is 10.2. The lowest BCUT2D eigenvalue weighted by atomic mass is 10.1. The molecule has 0 aromatic heterocycles. The van der Waals surface area contributed by atoms with E-state index in [-0.39, 0.29) is 6.04 Å². The number of sulfonamides is 1. The minimum absolute atomic E-state index is 0.213. The molecule has 0 bridgehead atoms. The van der Waals surface area contributed by atoms with Crippen molar-refractivity contribution in [3.8, 4) is 0 Å². The van der Waals surface area contributed by atoms with Crippen LogP contribution in [-0.4, -0.2) is 37.6 Å². The first kappa shape index (κ1) is 13.9. The van der Waals surface area contributed by atoms with Gasteiger partial charge in [0.05, 0.1) is 5.75 Å². The normalized spacial score (nSPS) is 22.8. The van der Waals surface area contributed by atoms with Crippen molar-refractivity contribution >= 4 is 10.0 Å². The van der Waals surface area contributed by atoms with Crippen molar-refractivity contribution in [2.24, 2.45) is 5.73 Å². The molecule has 0 aromatic rings. The number of rotatable bonds is 7. The SMILES string of the molecule is CCCCS(=O)(=O)N1CCCC1CCCN. The third-order valence-electron chi connectivity index (χ3n) is 3.18. The molecule has 16 heavy (non-hydrogen) atoms. The first-order chi connectivity index (χ1) is 7.61. The molecule has 0 radical (unpaired) electrons. The third-order valence-corrected chi connectivity index (χ3v) is 5.18. The van der Waals surface area contributed by atoms with Gasteiger partial charge in [0.2, 0.25) is 10.0 Å². The molecule has 1 aliphatic rings. The van der Waals surface area contributed by atoms with E-state index in [9.17, 15) is 8.42 Å². The van der Waals surface area contributed by atoms with E-state index in [1.54, 1.807) is 4.31 Å². The maximum Gasteiger partial charge on any atom is 0.214 e. The summed E-state index contributed by atoms with van der Waals surface area (Å²) in [5.41, 5.74) is 5.47. The quantitative estimate of drug-likeness (QED) is 0.739. The summed E-state index contributed by atoms with van der Waals surface area (Å²) < 4.78 is 25.8. The van der Waals surface area contributed by atoms with E-state index in [4.69, 9.17) is 5.73 Å². The zero-order chi connectivity index (χ0) is 12.0. The van der Waals surface area contributed by atoms with Crippen molar-refractivity contribution in [1.82, 2.24) is 4.31 Å². The Balaban J connectivity index is 2.55. The summed E-state index contributed by atoms with van der Waals surface area (Å²) in [5, 5.41) is 0. The predicted octanol–water partition coefficient (Wildman–Crippen LogP) is 1.32. The molecule has 1 atom stereocenters. The van der Waals surface area contributed by atoms with Crippen LogP contribution in [0, 0.1) is 0 Å². The number of nitrogens with zero attached hydrogens (tertiary/aromatic N) is 1.